The van der Waals surface area contributed by atoms with Crippen molar-refractivity contribution in [3.8, 4) is 0 Å². The summed E-state index contributed by atoms with van der Waals surface area (Å²) >= 11 is 0. The largest absolute Gasteiger partial charge is 0.410 e. The van der Waals surface area contributed by atoms with Gasteiger partial charge in [0.15, 0.2) is 6.04 Å². The van der Waals surface area contributed by atoms with Crippen molar-refractivity contribution in [1.29, 1.82) is 0 Å². The quantitative estimate of drug-likeness (QED) is 0.532. The molecule has 0 radical (unpaired) electrons. The minimum atomic E-state index is -4.53. The number of aryl methyl sites for hydroxylation is 1. The van der Waals surface area contributed by atoms with E-state index in [9.17, 15) is 22.4 Å². The fourth-order valence-corrected chi connectivity index (χ4v) is 3.86. The van der Waals surface area contributed by atoms with E-state index < -0.39 is 30.0 Å². The van der Waals surface area contributed by atoms with E-state index in [1.165, 1.54) is 18.2 Å². The van der Waals surface area contributed by atoms with E-state index in [0.717, 1.165) is 22.9 Å². The van der Waals surface area contributed by atoms with Crippen LogP contribution in [0.1, 0.15) is 52.5 Å². The number of hydrogen-bond donors (Lipinski definition) is 2. The average molecular weight is 446 g/mol. The molecule has 3 aromatic rings. The highest BCUT2D eigenvalue weighted by Gasteiger charge is 2.47. The lowest BCUT2D eigenvalue weighted by Crippen LogP contribution is -2.36. The van der Waals surface area contributed by atoms with E-state index in [-0.39, 0.29) is 24.3 Å². The van der Waals surface area contributed by atoms with Crippen LogP contribution in [0.4, 0.5) is 23.4 Å². The van der Waals surface area contributed by atoms with Crippen LogP contribution in [-0.2, 0) is 13.0 Å². The molecule has 4 rings (SSSR count). The predicted molar refractivity (Wildman–Crippen MR) is 112 cm³/mol. The van der Waals surface area contributed by atoms with E-state index in [1.807, 2.05) is 19.1 Å². The molecule has 2 atom stereocenters. The zero-order chi connectivity index (χ0) is 22.9. The van der Waals surface area contributed by atoms with Gasteiger partial charge < -0.3 is 10.6 Å². The first kappa shape index (κ1) is 21.9. The molecule has 0 saturated carbocycles. The number of aromatic nitrogens is 2. The molecule has 0 fully saturated rings. The zero-order valence-corrected chi connectivity index (χ0v) is 17.3. The molecule has 0 bridgehead atoms. The Morgan fingerprint density at radius 1 is 1.19 bits per heavy atom. The molecule has 0 spiro atoms. The van der Waals surface area contributed by atoms with Crippen molar-refractivity contribution in [3.05, 3.63) is 82.8 Å². The maximum absolute atomic E-state index is 13.8. The number of alkyl halides is 3. The minimum Gasteiger partial charge on any atom is -0.363 e. The molecular formula is C23H22F4N4O. The molecule has 32 heavy (non-hydrogen) atoms. The highest BCUT2D eigenvalue weighted by molar-refractivity contribution is 5.98. The van der Waals surface area contributed by atoms with Crippen LogP contribution in [0.25, 0.3) is 0 Å². The molecule has 0 aliphatic carbocycles. The van der Waals surface area contributed by atoms with Gasteiger partial charge in [-0.25, -0.2) is 9.07 Å². The predicted octanol–water partition coefficient (Wildman–Crippen LogP) is 5.17. The molecule has 1 aromatic heterocycles. The molecule has 2 heterocycles. The molecule has 1 amide bonds. The fraction of sp³-hybridized carbons (Fsp3) is 0.304. The molecule has 1 aliphatic heterocycles. The highest BCUT2D eigenvalue weighted by Crippen LogP contribution is 2.44. The van der Waals surface area contributed by atoms with Gasteiger partial charge in [-0.2, -0.15) is 18.3 Å². The van der Waals surface area contributed by atoms with Gasteiger partial charge in [0.05, 0.1) is 12.2 Å². The van der Waals surface area contributed by atoms with Crippen LogP contribution in [0.15, 0.2) is 54.7 Å². The number of carbonyl (C=O) groups excluding carboxylic acids is 1. The third kappa shape index (κ3) is 4.46. The Morgan fingerprint density at radius 3 is 2.59 bits per heavy atom. The second-order valence-electron chi connectivity index (χ2n) is 7.75. The van der Waals surface area contributed by atoms with Crippen LogP contribution in [0, 0.1) is 5.82 Å². The number of benzene rings is 2. The van der Waals surface area contributed by atoms with Crippen LogP contribution in [-0.4, -0.2) is 21.9 Å². The molecule has 0 saturated heterocycles. The van der Waals surface area contributed by atoms with Crippen LogP contribution < -0.4 is 10.6 Å². The monoisotopic (exact) mass is 446 g/mol. The molecule has 2 aromatic carbocycles. The third-order valence-corrected chi connectivity index (χ3v) is 5.62. The number of fused-ring (bicyclic) bond motifs is 1. The van der Waals surface area contributed by atoms with Crippen molar-refractivity contribution in [2.45, 2.75) is 44.6 Å². The smallest absolute Gasteiger partial charge is 0.363 e. The van der Waals surface area contributed by atoms with Crippen molar-refractivity contribution >= 4 is 11.7 Å². The van der Waals surface area contributed by atoms with Gasteiger partial charge in [-0.05, 0) is 35.2 Å². The summed E-state index contributed by atoms with van der Waals surface area (Å²) in [6.45, 7) is 2.03. The summed E-state index contributed by atoms with van der Waals surface area (Å²) in [6, 6.07) is 10.6. The Kier molecular flexibility index (Phi) is 5.90. The molecule has 168 valence electrons. The summed E-state index contributed by atoms with van der Waals surface area (Å²) in [5.74, 6) is -1.02. The Hall–Kier alpha value is -3.36. The highest BCUT2D eigenvalue weighted by atomic mass is 19.4. The van der Waals surface area contributed by atoms with Crippen molar-refractivity contribution in [2.24, 2.45) is 0 Å². The van der Waals surface area contributed by atoms with Crippen molar-refractivity contribution in [3.63, 3.8) is 0 Å². The van der Waals surface area contributed by atoms with Gasteiger partial charge in [0.25, 0.3) is 5.91 Å². The summed E-state index contributed by atoms with van der Waals surface area (Å²) in [5, 5.41) is 9.55. The third-order valence-electron chi connectivity index (χ3n) is 5.62. The Bertz CT molecular complexity index is 1110. The van der Waals surface area contributed by atoms with E-state index in [1.54, 1.807) is 18.2 Å². The summed E-state index contributed by atoms with van der Waals surface area (Å²) in [6.07, 6.45) is -2.82. The van der Waals surface area contributed by atoms with Gasteiger partial charge in [-0.15, -0.1) is 0 Å². The number of nitrogens with one attached hydrogen (secondary N) is 2. The normalized spacial score (nSPS) is 18.0. The van der Waals surface area contributed by atoms with E-state index in [4.69, 9.17) is 0 Å². The van der Waals surface area contributed by atoms with Crippen molar-refractivity contribution in [2.75, 3.05) is 5.32 Å². The number of amides is 1. The lowest BCUT2D eigenvalue weighted by molar-refractivity contribution is -0.173. The van der Waals surface area contributed by atoms with Crippen molar-refractivity contribution < 1.29 is 22.4 Å². The fourth-order valence-electron chi connectivity index (χ4n) is 3.86. The van der Waals surface area contributed by atoms with Crippen LogP contribution >= 0.6 is 0 Å². The van der Waals surface area contributed by atoms with Crippen molar-refractivity contribution in [1.82, 2.24) is 15.1 Å². The van der Waals surface area contributed by atoms with Gasteiger partial charge >= 0.3 is 6.18 Å². The van der Waals surface area contributed by atoms with E-state index in [2.05, 4.69) is 15.7 Å². The SMILES string of the molecule is CCc1ccc(C2CC(C(F)(F)F)n3ncc(C(=O)NCc4cccc(F)c4)c3N2)cc1. The first-order valence-corrected chi connectivity index (χ1v) is 10.3. The first-order valence-electron chi connectivity index (χ1n) is 10.3. The summed E-state index contributed by atoms with van der Waals surface area (Å²) in [7, 11) is 0. The van der Waals surface area contributed by atoms with E-state index in [0.29, 0.717) is 11.1 Å². The molecule has 9 heteroatoms. The van der Waals surface area contributed by atoms with Gasteiger partial charge in [0.1, 0.15) is 17.2 Å². The van der Waals surface area contributed by atoms with Gasteiger partial charge in [-0.1, -0.05) is 43.3 Å². The molecule has 2 N–H and O–H groups in total. The summed E-state index contributed by atoms with van der Waals surface area (Å²) in [5.41, 5.74) is 2.33. The van der Waals surface area contributed by atoms with Gasteiger partial charge in [-0.3, -0.25) is 4.79 Å². The zero-order valence-electron chi connectivity index (χ0n) is 17.3. The average Bonchev–Trinajstić information content (AvgIpc) is 3.20. The number of rotatable bonds is 5. The summed E-state index contributed by atoms with van der Waals surface area (Å²) in [4.78, 5) is 12.7. The number of carbonyl (C=O) groups is 1. The second kappa shape index (κ2) is 8.64. The number of anilines is 1. The lowest BCUT2D eigenvalue weighted by Gasteiger charge is -2.34. The molecular weight excluding hydrogens is 424 g/mol. The summed E-state index contributed by atoms with van der Waals surface area (Å²) < 4.78 is 55.6. The van der Waals surface area contributed by atoms with Crippen LogP contribution in [0.5, 0.6) is 0 Å². The second-order valence-corrected chi connectivity index (χ2v) is 7.75. The first-order chi connectivity index (χ1) is 15.3. The number of nitrogens with zero attached hydrogens (tertiary/aromatic N) is 2. The maximum atomic E-state index is 13.8. The van der Waals surface area contributed by atoms with Gasteiger partial charge in [0, 0.05) is 13.0 Å². The van der Waals surface area contributed by atoms with Crippen LogP contribution in [0.2, 0.25) is 0 Å². The topological polar surface area (TPSA) is 59.0 Å². The number of hydrogen-bond acceptors (Lipinski definition) is 3. The Balaban J connectivity index is 1.61. The number of halogens is 4. The Morgan fingerprint density at radius 2 is 1.94 bits per heavy atom. The maximum Gasteiger partial charge on any atom is 0.410 e. The molecule has 1 aliphatic rings. The molecule has 2 unspecified atom stereocenters. The lowest BCUT2D eigenvalue weighted by atomic mass is 9.95. The van der Waals surface area contributed by atoms with Gasteiger partial charge in [0.2, 0.25) is 0 Å². The van der Waals surface area contributed by atoms with Crippen LogP contribution in [0.3, 0.4) is 0 Å². The van der Waals surface area contributed by atoms with E-state index >= 15 is 0 Å². The minimum absolute atomic E-state index is 0.00512. The standard InChI is InChI=1S/C23H22F4N4O/c1-2-14-6-8-16(9-7-14)19-11-20(23(25,26)27)31-21(30-19)18(13-29-31)22(32)28-12-15-4-3-5-17(24)10-15/h3-10,13,19-20,30H,2,11-12H2,1H3,(H,28,32). The Labute approximate surface area is 182 Å². The molecule has 5 nitrogen and oxygen atoms in total.